The van der Waals surface area contributed by atoms with Crippen LogP contribution in [0.1, 0.15) is 28.1 Å². The molecular formula is C29H28N6O3. The topological polar surface area (TPSA) is 98.2 Å². The fourth-order valence-electron chi connectivity index (χ4n) is 4.84. The number of aromatic nitrogens is 5. The number of hydrogen-bond acceptors (Lipinski definition) is 7. The fraction of sp³-hybridized carbons (Fsp3) is 0.241. The van der Waals surface area contributed by atoms with Crippen LogP contribution in [0.2, 0.25) is 0 Å². The monoisotopic (exact) mass is 508 g/mol. The first-order chi connectivity index (χ1) is 18.6. The van der Waals surface area contributed by atoms with Crippen LogP contribution in [0.3, 0.4) is 0 Å². The Bertz CT molecular complexity index is 1630. The molecule has 0 bridgehead atoms. The van der Waals surface area contributed by atoms with Crippen LogP contribution in [0, 0.1) is 6.92 Å². The summed E-state index contributed by atoms with van der Waals surface area (Å²) in [5.41, 5.74) is 4.78. The molecule has 192 valence electrons. The molecule has 0 atom stereocenters. The van der Waals surface area contributed by atoms with Crippen LogP contribution in [-0.2, 0) is 32.6 Å². The summed E-state index contributed by atoms with van der Waals surface area (Å²) < 4.78 is 12.9. The van der Waals surface area contributed by atoms with E-state index in [0.29, 0.717) is 31.7 Å². The van der Waals surface area contributed by atoms with Crippen LogP contribution in [0.25, 0.3) is 10.9 Å². The fourth-order valence-corrected chi connectivity index (χ4v) is 4.84. The van der Waals surface area contributed by atoms with Crippen LogP contribution < -0.4 is 15.0 Å². The van der Waals surface area contributed by atoms with Gasteiger partial charge in [0, 0.05) is 25.2 Å². The molecule has 38 heavy (non-hydrogen) atoms. The third kappa shape index (κ3) is 5.14. The molecule has 0 amide bonds. The molecule has 0 fully saturated rings. The Morgan fingerprint density at radius 3 is 2.68 bits per heavy atom. The van der Waals surface area contributed by atoms with Crippen molar-refractivity contribution in [1.29, 1.82) is 0 Å². The number of ether oxygens (including phenoxy) is 2. The van der Waals surface area contributed by atoms with Crippen molar-refractivity contribution in [2.45, 2.75) is 39.5 Å². The highest BCUT2D eigenvalue weighted by Crippen LogP contribution is 2.33. The normalized spacial score (nSPS) is 12.5. The first-order valence-corrected chi connectivity index (χ1v) is 12.6. The van der Waals surface area contributed by atoms with E-state index in [2.05, 4.69) is 37.5 Å². The van der Waals surface area contributed by atoms with Crippen molar-refractivity contribution in [1.82, 2.24) is 30.1 Å². The predicted molar refractivity (Wildman–Crippen MR) is 143 cm³/mol. The van der Waals surface area contributed by atoms with Gasteiger partial charge in [0.2, 0.25) is 6.79 Å². The lowest BCUT2D eigenvalue weighted by molar-refractivity contribution is 0.174. The van der Waals surface area contributed by atoms with Gasteiger partial charge < -0.3 is 14.5 Å². The van der Waals surface area contributed by atoms with Gasteiger partial charge in [-0.1, -0.05) is 54.6 Å². The Labute approximate surface area is 219 Å². The molecule has 9 heteroatoms. The lowest BCUT2D eigenvalue weighted by Gasteiger charge is -2.22. The summed E-state index contributed by atoms with van der Waals surface area (Å²) in [6, 6.07) is 24.2. The SMILES string of the molecule is Cc1cccc2cc(CN(Cc3ccc4c(c3)OCO4)Cc3nnnn3CCc3ccccc3)c(=O)[nH]c12. The molecule has 5 aromatic rings. The van der Waals surface area contributed by atoms with E-state index < -0.39 is 0 Å². The molecule has 1 N–H and O–H groups in total. The van der Waals surface area contributed by atoms with Gasteiger partial charge in [0.05, 0.1) is 12.1 Å². The molecule has 0 radical (unpaired) electrons. The average molecular weight is 509 g/mol. The minimum atomic E-state index is -0.0915. The lowest BCUT2D eigenvalue weighted by atomic mass is 10.1. The number of aromatic amines is 1. The van der Waals surface area contributed by atoms with Gasteiger partial charge in [-0.15, -0.1) is 5.10 Å². The summed E-state index contributed by atoms with van der Waals surface area (Å²) in [6.45, 7) is 4.37. The summed E-state index contributed by atoms with van der Waals surface area (Å²) in [6.07, 6.45) is 0.824. The smallest absolute Gasteiger partial charge is 0.252 e. The average Bonchev–Trinajstić information content (AvgIpc) is 3.58. The lowest BCUT2D eigenvalue weighted by Crippen LogP contribution is -2.28. The van der Waals surface area contributed by atoms with Crippen LogP contribution >= 0.6 is 0 Å². The van der Waals surface area contributed by atoms with Crippen LogP contribution in [-0.4, -0.2) is 36.9 Å². The Balaban J connectivity index is 1.28. The Hall–Kier alpha value is -4.50. The molecule has 0 saturated carbocycles. The molecule has 3 heterocycles. The molecule has 0 aliphatic carbocycles. The summed E-state index contributed by atoms with van der Waals surface area (Å²) in [5, 5.41) is 13.5. The van der Waals surface area contributed by atoms with Gasteiger partial charge in [-0.05, 0) is 64.0 Å². The minimum absolute atomic E-state index is 0.0915. The highest BCUT2D eigenvalue weighted by Gasteiger charge is 2.18. The standard InChI is InChI=1S/C29H28N6O3/c1-20-6-5-9-23-15-24(29(36)30-28(20)23)17-34(16-22-10-11-25-26(14-22)38-19-37-25)18-27-31-32-33-35(27)13-12-21-7-3-2-4-8-21/h2-11,14-15H,12-13,16-19H2,1H3,(H,30,36). The summed E-state index contributed by atoms with van der Waals surface area (Å²) in [5.74, 6) is 2.22. The van der Waals surface area contributed by atoms with E-state index in [-0.39, 0.29) is 12.4 Å². The van der Waals surface area contributed by atoms with Crippen molar-refractivity contribution in [2.75, 3.05) is 6.79 Å². The molecule has 0 saturated heterocycles. The third-order valence-corrected chi connectivity index (χ3v) is 6.83. The van der Waals surface area contributed by atoms with Crippen molar-refractivity contribution >= 4 is 10.9 Å². The van der Waals surface area contributed by atoms with E-state index in [1.165, 1.54) is 5.56 Å². The van der Waals surface area contributed by atoms with Gasteiger partial charge in [-0.25, -0.2) is 4.68 Å². The molecule has 1 aliphatic rings. The molecule has 9 nitrogen and oxygen atoms in total. The van der Waals surface area contributed by atoms with Crippen molar-refractivity contribution < 1.29 is 9.47 Å². The van der Waals surface area contributed by atoms with Gasteiger partial charge in [0.1, 0.15) is 0 Å². The number of hydrogen-bond donors (Lipinski definition) is 1. The van der Waals surface area contributed by atoms with Gasteiger partial charge in [0.15, 0.2) is 17.3 Å². The first-order valence-electron chi connectivity index (χ1n) is 12.6. The first kappa shape index (κ1) is 23.9. The number of para-hydroxylation sites is 1. The Morgan fingerprint density at radius 2 is 1.79 bits per heavy atom. The molecule has 0 unspecified atom stereocenters. The van der Waals surface area contributed by atoms with Crippen LogP contribution in [0.15, 0.2) is 77.6 Å². The van der Waals surface area contributed by atoms with Crippen molar-refractivity contribution in [3.63, 3.8) is 0 Å². The zero-order valence-electron chi connectivity index (χ0n) is 21.1. The third-order valence-electron chi connectivity index (χ3n) is 6.83. The molecule has 3 aromatic carbocycles. The summed E-state index contributed by atoms with van der Waals surface area (Å²) in [4.78, 5) is 18.3. The Morgan fingerprint density at radius 1 is 0.921 bits per heavy atom. The maximum Gasteiger partial charge on any atom is 0.252 e. The Kier molecular flexibility index (Phi) is 6.58. The number of nitrogens with zero attached hydrogens (tertiary/aromatic N) is 5. The zero-order valence-corrected chi connectivity index (χ0v) is 21.1. The van der Waals surface area contributed by atoms with Crippen molar-refractivity contribution in [3.05, 3.63) is 111 Å². The highest BCUT2D eigenvalue weighted by atomic mass is 16.7. The molecule has 1 aliphatic heterocycles. The number of pyridine rings is 1. The summed E-state index contributed by atoms with van der Waals surface area (Å²) >= 11 is 0. The molecule has 2 aromatic heterocycles. The van der Waals surface area contributed by atoms with Crippen LogP contribution in [0.5, 0.6) is 11.5 Å². The van der Waals surface area contributed by atoms with Gasteiger partial charge in [0.25, 0.3) is 5.56 Å². The second kappa shape index (κ2) is 10.5. The van der Waals surface area contributed by atoms with E-state index in [1.54, 1.807) is 0 Å². The second-order valence-electron chi connectivity index (χ2n) is 9.55. The molecule has 0 spiro atoms. The maximum atomic E-state index is 13.1. The van der Waals surface area contributed by atoms with E-state index in [1.807, 2.05) is 72.3 Å². The minimum Gasteiger partial charge on any atom is -0.454 e. The van der Waals surface area contributed by atoms with E-state index in [4.69, 9.17) is 9.47 Å². The van der Waals surface area contributed by atoms with Gasteiger partial charge >= 0.3 is 0 Å². The molecule has 6 rings (SSSR count). The second-order valence-corrected chi connectivity index (χ2v) is 9.55. The highest BCUT2D eigenvalue weighted by molar-refractivity contribution is 5.81. The summed E-state index contributed by atoms with van der Waals surface area (Å²) in [7, 11) is 0. The maximum absolute atomic E-state index is 13.1. The van der Waals surface area contributed by atoms with Gasteiger partial charge in [-0.2, -0.15) is 0 Å². The molecular weight excluding hydrogens is 480 g/mol. The quantitative estimate of drug-likeness (QED) is 0.321. The van der Waals surface area contributed by atoms with Crippen LogP contribution in [0.4, 0.5) is 0 Å². The van der Waals surface area contributed by atoms with Crippen molar-refractivity contribution in [3.8, 4) is 11.5 Å². The van der Waals surface area contributed by atoms with E-state index >= 15 is 0 Å². The largest absolute Gasteiger partial charge is 0.454 e. The number of fused-ring (bicyclic) bond motifs is 2. The number of rotatable bonds is 9. The number of benzene rings is 3. The van der Waals surface area contributed by atoms with Crippen molar-refractivity contribution in [2.24, 2.45) is 0 Å². The number of H-pyrrole nitrogens is 1. The van der Waals surface area contributed by atoms with E-state index in [9.17, 15) is 4.79 Å². The number of nitrogens with one attached hydrogen (secondary N) is 1. The zero-order chi connectivity index (χ0) is 25.9. The predicted octanol–water partition coefficient (Wildman–Crippen LogP) is 4.00. The van der Waals surface area contributed by atoms with E-state index in [0.717, 1.165) is 45.8 Å². The number of aryl methyl sites for hydroxylation is 3. The number of tetrazole rings is 1. The van der Waals surface area contributed by atoms with Gasteiger partial charge in [-0.3, -0.25) is 9.69 Å².